The molecule has 0 spiro atoms. The van der Waals surface area contributed by atoms with E-state index in [1.54, 1.807) is 0 Å². The van der Waals surface area contributed by atoms with E-state index in [-0.39, 0.29) is 10.9 Å². The Morgan fingerprint density at radius 2 is 2.15 bits per heavy atom. The van der Waals surface area contributed by atoms with Crippen molar-refractivity contribution in [2.45, 2.75) is 30.7 Å². The topological polar surface area (TPSA) is 73.5 Å². The second-order valence-electron chi connectivity index (χ2n) is 5.17. The lowest BCUT2D eigenvalue weighted by atomic mass is 10.2. The van der Waals surface area contributed by atoms with Crippen molar-refractivity contribution in [1.29, 1.82) is 0 Å². The minimum absolute atomic E-state index is 0.0906. The highest BCUT2D eigenvalue weighted by atomic mass is 32.2. The van der Waals surface area contributed by atoms with Crippen molar-refractivity contribution in [3.05, 3.63) is 28.7 Å². The van der Waals surface area contributed by atoms with Gasteiger partial charge in [0.05, 0.1) is 0 Å². The van der Waals surface area contributed by atoms with Crippen LogP contribution in [0.15, 0.2) is 28.2 Å². The molecule has 1 aromatic rings. The summed E-state index contributed by atoms with van der Waals surface area (Å²) in [5.74, 6) is 0. The number of pyridine rings is 1. The van der Waals surface area contributed by atoms with Crippen LogP contribution in [0.5, 0.6) is 0 Å². The lowest BCUT2D eigenvalue weighted by Gasteiger charge is -2.29. The van der Waals surface area contributed by atoms with Gasteiger partial charge >= 0.3 is 0 Å². The smallest absolute Gasteiger partial charge is 0.248 e. The Balaban J connectivity index is 2.41. The third-order valence-corrected chi connectivity index (χ3v) is 5.67. The van der Waals surface area contributed by atoms with E-state index in [2.05, 4.69) is 9.88 Å². The first-order chi connectivity index (χ1) is 9.46. The fourth-order valence-corrected chi connectivity index (χ4v) is 4.37. The molecule has 0 amide bonds. The van der Waals surface area contributed by atoms with E-state index < -0.39 is 15.5 Å². The molecule has 0 saturated carbocycles. The van der Waals surface area contributed by atoms with Gasteiger partial charge in [0.15, 0.2) is 0 Å². The summed E-state index contributed by atoms with van der Waals surface area (Å²) in [6.07, 6.45) is 4.22. The molecule has 112 valence electrons. The number of rotatable bonds is 3. The summed E-state index contributed by atoms with van der Waals surface area (Å²) < 4.78 is 26.9. The van der Waals surface area contributed by atoms with Crippen LogP contribution in [0.2, 0.25) is 0 Å². The van der Waals surface area contributed by atoms with Gasteiger partial charge in [0.25, 0.3) is 0 Å². The number of hydrogen-bond acceptors (Lipinski definition) is 4. The number of sulfonamides is 1. The average molecular weight is 299 g/mol. The standard InChI is InChI=1S/C13H21N3O3S/c1-3-11-10-15(2)7-4-8-16(11)20(18,19)13-9-14-6-5-12(13)17/h5-6,9,11H,3-4,7-8,10H2,1-2H3,(H,14,17). The molecule has 1 atom stereocenters. The zero-order chi connectivity index (χ0) is 14.8. The van der Waals surface area contributed by atoms with Gasteiger partial charge in [0, 0.05) is 37.6 Å². The van der Waals surface area contributed by atoms with Crippen LogP contribution >= 0.6 is 0 Å². The molecule has 6 nitrogen and oxygen atoms in total. The molecule has 2 rings (SSSR count). The number of aromatic amines is 1. The molecule has 0 aromatic carbocycles. The fourth-order valence-electron chi connectivity index (χ4n) is 2.60. The number of aromatic nitrogens is 1. The van der Waals surface area contributed by atoms with Crippen LogP contribution in [0, 0.1) is 0 Å². The molecule has 0 aliphatic carbocycles. The molecule has 1 aliphatic heterocycles. The van der Waals surface area contributed by atoms with Crippen LogP contribution in [-0.4, -0.2) is 55.3 Å². The second kappa shape index (κ2) is 6.07. The SMILES string of the molecule is CCC1CN(C)CCCN1S(=O)(=O)c1c[nH]ccc1=O. The van der Waals surface area contributed by atoms with Crippen LogP contribution < -0.4 is 5.43 Å². The van der Waals surface area contributed by atoms with Crippen molar-refractivity contribution in [3.8, 4) is 0 Å². The van der Waals surface area contributed by atoms with E-state index in [4.69, 9.17) is 0 Å². The minimum Gasteiger partial charge on any atom is -0.366 e. The average Bonchev–Trinajstić information content (AvgIpc) is 2.60. The first-order valence-corrected chi connectivity index (χ1v) is 8.28. The second-order valence-corrected chi connectivity index (χ2v) is 7.03. The molecule has 20 heavy (non-hydrogen) atoms. The quantitative estimate of drug-likeness (QED) is 0.881. The monoisotopic (exact) mass is 299 g/mol. The Kier molecular flexibility index (Phi) is 4.62. The van der Waals surface area contributed by atoms with Crippen molar-refractivity contribution in [2.24, 2.45) is 0 Å². The largest absolute Gasteiger partial charge is 0.366 e. The van der Waals surface area contributed by atoms with Gasteiger partial charge in [-0.15, -0.1) is 0 Å². The van der Waals surface area contributed by atoms with Crippen LogP contribution in [-0.2, 0) is 10.0 Å². The maximum Gasteiger partial charge on any atom is 0.248 e. The molecule has 1 unspecified atom stereocenters. The van der Waals surface area contributed by atoms with E-state index in [9.17, 15) is 13.2 Å². The van der Waals surface area contributed by atoms with Crippen LogP contribution in [0.25, 0.3) is 0 Å². The number of likely N-dealkylation sites (N-methyl/N-ethyl adjacent to an activating group) is 1. The number of nitrogens with one attached hydrogen (secondary N) is 1. The summed E-state index contributed by atoms with van der Waals surface area (Å²) in [7, 11) is -1.74. The Morgan fingerprint density at radius 3 is 2.80 bits per heavy atom. The summed E-state index contributed by atoms with van der Waals surface area (Å²) in [6, 6.07) is 1.16. The first kappa shape index (κ1) is 15.2. The molecule has 1 N–H and O–H groups in total. The van der Waals surface area contributed by atoms with Crippen molar-refractivity contribution in [2.75, 3.05) is 26.7 Å². The Bertz CT molecular complexity index is 611. The lowest BCUT2D eigenvalue weighted by molar-refractivity contribution is 0.270. The highest BCUT2D eigenvalue weighted by molar-refractivity contribution is 7.89. The highest BCUT2D eigenvalue weighted by Crippen LogP contribution is 2.20. The van der Waals surface area contributed by atoms with Gasteiger partial charge in [-0.3, -0.25) is 4.79 Å². The minimum atomic E-state index is -3.74. The van der Waals surface area contributed by atoms with Gasteiger partial charge in [-0.1, -0.05) is 6.92 Å². The van der Waals surface area contributed by atoms with E-state index in [1.807, 2.05) is 14.0 Å². The van der Waals surface area contributed by atoms with Crippen LogP contribution in [0.1, 0.15) is 19.8 Å². The lowest BCUT2D eigenvalue weighted by Crippen LogP contribution is -2.44. The maximum atomic E-state index is 12.7. The molecule has 1 aromatic heterocycles. The zero-order valence-corrected chi connectivity index (χ0v) is 12.7. The van der Waals surface area contributed by atoms with Crippen molar-refractivity contribution in [1.82, 2.24) is 14.2 Å². The fraction of sp³-hybridized carbons (Fsp3) is 0.615. The molecule has 1 fully saturated rings. The third-order valence-electron chi connectivity index (χ3n) is 3.69. The molecule has 0 radical (unpaired) electrons. The van der Waals surface area contributed by atoms with E-state index in [0.29, 0.717) is 13.1 Å². The van der Waals surface area contributed by atoms with E-state index in [0.717, 1.165) is 19.4 Å². The number of hydrogen-bond donors (Lipinski definition) is 1. The number of H-pyrrole nitrogens is 1. The van der Waals surface area contributed by atoms with E-state index in [1.165, 1.54) is 22.8 Å². The van der Waals surface area contributed by atoms with Crippen molar-refractivity contribution >= 4 is 10.0 Å². The van der Waals surface area contributed by atoms with Gasteiger partial charge in [0.1, 0.15) is 4.90 Å². The van der Waals surface area contributed by atoms with Gasteiger partial charge < -0.3 is 9.88 Å². The summed E-state index contributed by atoms with van der Waals surface area (Å²) in [6.45, 7) is 4.00. The van der Waals surface area contributed by atoms with Crippen LogP contribution in [0.4, 0.5) is 0 Å². The molecule has 7 heteroatoms. The molecule has 2 heterocycles. The molecular weight excluding hydrogens is 278 g/mol. The number of nitrogens with zero attached hydrogens (tertiary/aromatic N) is 2. The normalized spacial score (nSPS) is 22.6. The summed E-state index contributed by atoms with van der Waals surface area (Å²) >= 11 is 0. The maximum absolute atomic E-state index is 12.7. The first-order valence-electron chi connectivity index (χ1n) is 6.84. The van der Waals surface area contributed by atoms with Gasteiger partial charge in [-0.05, 0) is 26.4 Å². The Hall–Kier alpha value is -1.18. The van der Waals surface area contributed by atoms with Crippen molar-refractivity contribution < 1.29 is 8.42 Å². The van der Waals surface area contributed by atoms with Crippen LogP contribution in [0.3, 0.4) is 0 Å². The molecule has 1 aliphatic rings. The molecule has 1 saturated heterocycles. The van der Waals surface area contributed by atoms with Gasteiger partial charge in [0.2, 0.25) is 15.5 Å². The third kappa shape index (κ3) is 2.94. The summed E-state index contributed by atoms with van der Waals surface area (Å²) in [5, 5.41) is 0. The molecular formula is C13H21N3O3S. The predicted octanol–water partition coefficient (Wildman–Crippen LogP) is 0.480. The molecule has 0 bridgehead atoms. The predicted molar refractivity (Wildman–Crippen MR) is 77.1 cm³/mol. The summed E-state index contributed by atoms with van der Waals surface area (Å²) in [5.41, 5.74) is -0.462. The van der Waals surface area contributed by atoms with Gasteiger partial charge in [-0.2, -0.15) is 4.31 Å². The van der Waals surface area contributed by atoms with Crippen molar-refractivity contribution in [3.63, 3.8) is 0 Å². The Morgan fingerprint density at radius 1 is 1.40 bits per heavy atom. The highest BCUT2D eigenvalue weighted by Gasteiger charge is 2.34. The zero-order valence-electron chi connectivity index (χ0n) is 11.9. The van der Waals surface area contributed by atoms with Gasteiger partial charge in [-0.25, -0.2) is 8.42 Å². The summed E-state index contributed by atoms with van der Waals surface area (Å²) in [4.78, 5) is 16.5. The Labute approximate surface area is 119 Å². The van der Waals surface area contributed by atoms with E-state index >= 15 is 0 Å².